The summed E-state index contributed by atoms with van der Waals surface area (Å²) < 4.78 is 6.06. The lowest BCUT2D eigenvalue weighted by Crippen LogP contribution is -2.37. The highest BCUT2D eigenvalue weighted by molar-refractivity contribution is 5.92. The maximum absolute atomic E-state index is 11.9. The number of carbonyl (C=O) groups is 2. The van der Waals surface area contributed by atoms with E-state index in [-0.39, 0.29) is 36.2 Å². The lowest BCUT2D eigenvalue weighted by molar-refractivity contribution is -0.123. The predicted molar refractivity (Wildman–Crippen MR) is 80.6 cm³/mol. The molecule has 0 unspecified atom stereocenters. The molecule has 0 saturated carbocycles. The molecular formula is C14H22N4O4. The van der Waals surface area contributed by atoms with Crippen molar-refractivity contribution >= 4 is 11.8 Å². The number of methoxy groups -OCH3 is 1. The van der Waals surface area contributed by atoms with Gasteiger partial charge in [0.15, 0.2) is 0 Å². The molecule has 0 fully saturated rings. The Labute approximate surface area is 128 Å². The minimum Gasteiger partial charge on any atom is -0.383 e. The first-order valence-electron chi connectivity index (χ1n) is 7.08. The van der Waals surface area contributed by atoms with Gasteiger partial charge in [-0.05, 0) is 6.07 Å². The number of hydrogen-bond acceptors (Lipinski definition) is 5. The van der Waals surface area contributed by atoms with Gasteiger partial charge in [-0.2, -0.15) is 5.10 Å². The molecule has 0 aromatic carbocycles. The van der Waals surface area contributed by atoms with Crippen LogP contribution >= 0.6 is 0 Å². The Morgan fingerprint density at radius 1 is 1.27 bits per heavy atom. The van der Waals surface area contributed by atoms with E-state index in [0.29, 0.717) is 13.2 Å². The summed E-state index contributed by atoms with van der Waals surface area (Å²) >= 11 is 0. The second kappa shape index (κ2) is 8.93. The van der Waals surface area contributed by atoms with Crippen molar-refractivity contribution in [2.75, 3.05) is 26.8 Å². The van der Waals surface area contributed by atoms with Gasteiger partial charge in [-0.3, -0.25) is 14.4 Å². The molecule has 0 radical (unpaired) electrons. The third-order valence-corrected chi connectivity index (χ3v) is 2.84. The molecule has 8 nitrogen and oxygen atoms in total. The largest absolute Gasteiger partial charge is 0.383 e. The molecule has 0 spiro atoms. The van der Waals surface area contributed by atoms with Gasteiger partial charge in [-0.1, -0.05) is 13.8 Å². The summed E-state index contributed by atoms with van der Waals surface area (Å²) in [6.07, 6.45) is 0. The standard InChI is InChI=1S/C14H22N4O4/c1-10(2)13(20)15-6-7-16-14(21)11-4-5-12(19)18(17-11)8-9-22-3/h4-5,10H,6-9H2,1-3H3,(H,15,20)(H,16,21). The number of amides is 2. The van der Waals surface area contributed by atoms with Gasteiger partial charge in [0.25, 0.3) is 11.5 Å². The van der Waals surface area contributed by atoms with E-state index < -0.39 is 5.91 Å². The number of nitrogens with one attached hydrogen (secondary N) is 2. The third-order valence-electron chi connectivity index (χ3n) is 2.84. The summed E-state index contributed by atoms with van der Waals surface area (Å²) in [7, 11) is 1.52. The topological polar surface area (TPSA) is 102 Å². The minimum atomic E-state index is -0.398. The fourth-order valence-electron chi connectivity index (χ4n) is 1.56. The van der Waals surface area contributed by atoms with E-state index >= 15 is 0 Å². The first kappa shape index (κ1) is 17.8. The zero-order valence-electron chi connectivity index (χ0n) is 13.1. The van der Waals surface area contributed by atoms with E-state index in [0.717, 1.165) is 0 Å². The molecule has 1 aromatic heterocycles. The van der Waals surface area contributed by atoms with Crippen LogP contribution in [0.5, 0.6) is 0 Å². The average molecular weight is 310 g/mol. The quantitative estimate of drug-likeness (QED) is 0.624. The number of hydrogen-bond donors (Lipinski definition) is 2. The third kappa shape index (κ3) is 5.65. The van der Waals surface area contributed by atoms with Crippen LogP contribution < -0.4 is 16.2 Å². The summed E-state index contributed by atoms with van der Waals surface area (Å²) in [5.41, 5.74) is -0.149. The summed E-state index contributed by atoms with van der Waals surface area (Å²) in [6.45, 7) is 4.82. The number of ether oxygens (including phenoxy) is 1. The van der Waals surface area contributed by atoms with Crippen LogP contribution in [0.2, 0.25) is 0 Å². The Balaban J connectivity index is 2.52. The highest BCUT2D eigenvalue weighted by Gasteiger charge is 2.10. The lowest BCUT2D eigenvalue weighted by Gasteiger charge is -2.09. The summed E-state index contributed by atoms with van der Waals surface area (Å²) in [5, 5.41) is 9.30. The van der Waals surface area contributed by atoms with Crippen molar-refractivity contribution < 1.29 is 14.3 Å². The van der Waals surface area contributed by atoms with E-state index in [1.807, 2.05) is 0 Å². The number of nitrogens with zero attached hydrogens (tertiary/aromatic N) is 2. The van der Waals surface area contributed by atoms with Crippen LogP contribution in [0, 0.1) is 5.92 Å². The molecule has 0 aliphatic rings. The van der Waals surface area contributed by atoms with E-state index in [2.05, 4.69) is 15.7 Å². The first-order chi connectivity index (χ1) is 10.5. The Kier molecular flexibility index (Phi) is 7.24. The number of aromatic nitrogens is 2. The van der Waals surface area contributed by atoms with Gasteiger partial charge in [-0.15, -0.1) is 0 Å². The summed E-state index contributed by atoms with van der Waals surface area (Å²) in [6, 6.07) is 2.66. The van der Waals surface area contributed by atoms with Crippen molar-refractivity contribution in [2.24, 2.45) is 5.92 Å². The second-order valence-corrected chi connectivity index (χ2v) is 4.97. The fourth-order valence-corrected chi connectivity index (χ4v) is 1.56. The Hall–Kier alpha value is -2.22. The lowest BCUT2D eigenvalue weighted by atomic mass is 10.2. The Morgan fingerprint density at radius 3 is 2.59 bits per heavy atom. The van der Waals surface area contributed by atoms with E-state index in [4.69, 9.17) is 4.74 Å². The Bertz CT molecular complexity index is 568. The van der Waals surface area contributed by atoms with Crippen molar-refractivity contribution in [3.63, 3.8) is 0 Å². The van der Waals surface area contributed by atoms with Crippen LogP contribution in [0.3, 0.4) is 0 Å². The van der Waals surface area contributed by atoms with Crippen LogP contribution in [-0.4, -0.2) is 48.4 Å². The van der Waals surface area contributed by atoms with E-state index in [1.165, 1.54) is 23.9 Å². The molecule has 2 amide bonds. The molecule has 1 rings (SSSR count). The maximum Gasteiger partial charge on any atom is 0.271 e. The first-order valence-corrected chi connectivity index (χ1v) is 7.08. The molecule has 0 saturated heterocycles. The maximum atomic E-state index is 11.9. The SMILES string of the molecule is COCCn1nc(C(=O)NCCNC(=O)C(C)C)ccc1=O. The van der Waals surface area contributed by atoms with Crippen molar-refractivity contribution in [1.82, 2.24) is 20.4 Å². The highest BCUT2D eigenvalue weighted by Crippen LogP contribution is 1.92. The molecule has 0 aliphatic heterocycles. The molecule has 22 heavy (non-hydrogen) atoms. The Morgan fingerprint density at radius 2 is 1.95 bits per heavy atom. The van der Waals surface area contributed by atoms with Gasteiger partial charge in [0.05, 0.1) is 13.2 Å². The van der Waals surface area contributed by atoms with Gasteiger partial charge in [0.1, 0.15) is 5.69 Å². The van der Waals surface area contributed by atoms with Crippen molar-refractivity contribution in [3.8, 4) is 0 Å². The molecule has 2 N–H and O–H groups in total. The molecule has 0 atom stereocenters. The van der Waals surface area contributed by atoms with Crippen molar-refractivity contribution in [3.05, 3.63) is 28.2 Å². The summed E-state index contributed by atoms with van der Waals surface area (Å²) in [5.74, 6) is -0.563. The predicted octanol–water partition coefficient (Wildman–Crippen LogP) is -0.608. The molecular weight excluding hydrogens is 288 g/mol. The molecule has 0 bridgehead atoms. The van der Waals surface area contributed by atoms with Gasteiger partial charge < -0.3 is 15.4 Å². The number of carbonyl (C=O) groups excluding carboxylic acids is 2. The van der Waals surface area contributed by atoms with Gasteiger partial charge in [0.2, 0.25) is 5.91 Å². The van der Waals surface area contributed by atoms with Crippen LogP contribution in [0.15, 0.2) is 16.9 Å². The zero-order chi connectivity index (χ0) is 16.5. The smallest absolute Gasteiger partial charge is 0.271 e. The normalized spacial score (nSPS) is 10.5. The second-order valence-electron chi connectivity index (χ2n) is 4.97. The van der Waals surface area contributed by atoms with Crippen LogP contribution in [-0.2, 0) is 16.1 Å². The van der Waals surface area contributed by atoms with Gasteiger partial charge >= 0.3 is 0 Å². The number of rotatable bonds is 8. The monoisotopic (exact) mass is 310 g/mol. The van der Waals surface area contributed by atoms with E-state index in [9.17, 15) is 14.4 Å². The fraction of sp³-hybridized carbons (Fsp3) is 0.571. The molecule has 122 valence electrons. The highest BCUT2D eigenvalue weighted by atomic mass is 16.5. The molecule has 0 aliphatic carbocycles. The average Bonchev–Trinajstić information content (AvgIpc) is 2.50. The van der Waals surface area contributed by atoms with Crippen molar-refractivity contribution in [1.29, 1.82) is 0 Å². The molecule has 1 heterocycles. The van der Waals surface area contributed by atoms with Crippen molar-refractivity contribution in [2.45, 2.75) is 20.4 Å². The minimum absolute atomic E-state index is 0.0690. The van der Waals surface area contributed by atoms with Gasteiger partial charge in [0, 0.05) is 32.2 Å². The zero-order valence-corrected chi connectivity index (χ0v) is 13.1. The molecule has 1 aromatic rings. The van der Waals surface area contributed by atoms with Crippen LogP contribution in [0.1, 0.15) is 24.3 Å². The van der Waals surface area contributed by atoms with E-state index in [1.54, 1.807) is 13.8 Å². The van der Waals surface area contributed by atoms with Gasteiger partial charge in [-0.25, -0.2) is 4.68 Å². The molecule has 8 heteroatoms. The summed E-state index contributed by atoms with van der Waals surface area (Å²) in [4.78, 5) is 34.8. The van der Waals surface area contributed by atoms with Crippen LogP contribution in [0.25, 0.3) is 0 Å². The van der Waals surface area contributed by atoms with Crippen LogP contribution in [0.4, 0.5) is 0 Å².